The zero-order chi connectivity index (χ0) is 12.1. The first-order valence-corrected chi connectivity index (χ1v) is 6.30. The van der Waals surface area contributed by atoms with Crippen LogP contribution in [0.25, 0.3) is 0 Å². The molecular weight excluding hydrogens is 180 g/mol. The molecule has 0 amide bonds. The predicted octanol–water partition coefficient (Wildman–Crippen LogP) is 5.39. The summed E-state index contributed by atoms with van der Waals surface area (Å²) in [4.78, 5) is 0. The minimum Gasteiger partial charge on any atom is -0.0683 e. The molecule has 0 nitrogen and oxygen atoms in total. The molecule has 0 saturated carbocycles. The van der Waals surface area contributed by atoms with E-state index in [1.54, 1.807) is 0 Å². The van der Waals surface area contributed by atoms with Crippen molar-refractivity contribution in [1.29, 1.82) is 0 Å². The van der Waals surface area contributed by atoms with E-state index in [-0.39, 0.29) is 0 Å². The van der Waals surface area contributed by atoms with Gasteiger partial charge in [0.15, 0.2) is 0 Å². The summed E-state index contributed by atoms with van der Waals surface area (Å²) in [6, 6.07) is 8.71. The lowest BCUT2D eigenvalue weighted by Crippen LogP contribution is -1.82. The second kappa shape index (κ2) is 13.2. The van der Waals surface area contributed by atoms with Gasteiger partial charge in [-0.15, -0.1) is 0 Å². The molecule has 88 valence electrons. The van der Waals surface area contributed by atoms with Crippen LogP contribution < -0.4 is 0 Å². The summed E-state index contributed by atoms with van der Waals surface area (Å²) >= 11 is 0. The second-order valence-corrected chi connectivity index (χ2v) is 3.45. The second-order valence-electron chi connectivity index (χ2n) is 3.45. The van der Waals surface area contributed by atoms with E-state index in [1.165, 1.54) is 30.4 Å². The van der Waals surface area contributed by atoms with Gasteiger partial charge in [-0.2, -0.15) is 0 Å². The van der Waals surface area contributed by atoms with Crippen molar-refractivity contribution in [3.63, 3.8) is 0 Å². The molecule has 15 heavy (non-hydrogen) atoms. The van der Waals surface area contributed by atoms with Gasteiger partial charge in [-0.25, -0.2) is 0 Å². The Labute approximate surface area is 96.7 Å². The molecule has 0 spiro atoms. The molecule has 0 heteroatoms. The minimum absolute atomic E-state index is 1.21. The van der Waals surface area contributed by atoms with Crippen LogP contribution in [0.15, 0.2) is 24.3 Å². The van der Waals surface area contributed by atoms with Gasteiger partial charge in [0.1, 0.15) is 0 Å². The zero-order valence-electron chi connectivity index (χ0n) is 11.4. The van der Waals surface area contributed by atoms with Gasteiger partial charge in [0, 0.05) is 0 Å². The van der Waals surface area contributed by atoms with E-state index >= 15 is 0 Å². The smallest absolute Gasteiger partial charge is 0.0281 e. The molecule has 0 bridgehead atoms. The van der Waals surface area contributed by atoms with Crippen molar-refractivity contribution in [2.45, 2.75) is 60.8 Å². The molecule has 0 aliphatic rings. The molecule has 0 unspecified atom stereocenters. The summed E-state index contributed by atoms with van der Waals surface area (Å²) in [6.07, 6.45) is 3.70. The average molecular weight is 208 g/mol. The van der Waals surface area contributed by atoms with Crippen LogP contribution in [-0.2, 0) is 6.42 Å². The molecule has 0 saturated heterocycles. The fraction of sp³-hybridized carbons (Fsp3) is 0.600. The number of rotatable bonds is 2. The van der Waals surface area contributed by atoms with E-state index in [0.29, 0.717) is 0 Å². The lowest BCUT2D eigenvalue weighted by molar-refractivity contribution is 0.920. The number of hydrogen-bond donors (Lipinski definition) is 0. The van der Waals surface area contributed by atoms with Crippen molar-refractivity contribution >= 4 is 0 Å². The van der Waals surface area contributed by atoms with Crippen molar-refractivity contribution in [2.75, 3.05) is 0 Å². The summed E-state index contributed by atoms with van der Waals surface area (Å²) in [7, 11) is 0. The maximum atomic E-state index is 2.25. The normalized spacial score (nSPS) is 8.13. The summed E-state index contributed by atoms with van der Waals surface area (Å²) in [5.41, 5.74) is 2.83. The summed E-state index contributed by atoms with van der Waals surface area (Å²) in [5, 5.41) is 0. The highest BCUT2D eigenvalue weighted by atomic mass is 13.9. The Hall–Kier alpha value is -0.780. The first kappa shape index (κ1) is 16.6. The van der Waals surface area contributed by atoms with E-state index in [1.807, 2.05) is 13.8 Å². The van der Waals surface area contributed by atoms with E-state index in [9.17, 15) is 0 Å². The molecule has 1 aromatic rings. The first-order chi connectivity index (χ1) is 7.24. The predicted molar refractivity (Wildman–Crippen MR) is 72.5 cm³/mol. The van der Waals surface area contributed by atoms with Gasteiger partial charge in [0.05, 0.1) is 0 Å². The van der Waals surface area contributed by atoms with Crippen LogP contribution in [0.3, 0.4) is 0 Å². The number of benzene rings is 1. The third-order valence-electron chi connectivity index (χ3n) is 1.62. The molecule has 0 aromatic heterocycles. The Balaban J connectivity index is 0. The van der Waals surface area contributed by atoms with Crippen LogP contribution in [-0.4, -0.2) is 0 Å². The molecule has 0 fully saturated rings. The number of aryl methyl sites for hydroxylation is 2. The van der Waals surface area contributed by atoms with Gasteiger partial charge in [-0.05, 0) is 18.9 Å². The van der Waals surface area contributed by atoms with E-state index < -0.39 is 0 Å². The molecular formula is C15H28. The van der Waals surface area contributed by atoms with Crippen molar-refractivity contribution in [3.05, 3.63) is 35.4 Å². The van der Waals surface area contributed by atoms with E-state index in [4.69, 9.17) is 0 Å². The molecule has 0 N–H and O–H groups in total. The maximum Gasteiger partial charge on any atom is -0.0281 e. The Kier molecular flexibility index (Phi) is 14.7. The average Bonchev–Trinajstić information content (AvgIpc) is 2.22. The van der Waals surface area contributed by atoms with Crippen LogP contribution in [0, 0.1) is 6.92 Å². The number of hydrogen-bond acceptors (Lipinski definition) is 0. The van der Waals surface area contributed by atoms with Crippen molar-refractivity contribution in [1.82, 2.24) is 0 Å². The monoisotopic (exact) mass is 208 g/mol. The highest BCUT2D eigenvalue weighted by molar-refractivity contribution is 5.21. The fourth-order valence-corrected chi connectivity index (χ4v) is 1.16. The van der Waals surface area contributed by atoms with Gasteiger partial charge in [0.2, 0.25) is 0 Å². The standard InChI is InChI=1S/C10H14.C3H8.C2H6/c1-3-5-10-7-4-6-9(2)8-10;1-3-2;1-2/h4,6-8H,3,5H2,1-2H3;3H2,1-2H3;1-2H3. The lowest BCUT2D eigenvalue weighted by atomic mass is 10.1. The highest BCUT2D eigenvalue weighted by Crippen LogP contribution is 2.05. The molecule has 0 radical (unpaired) electrons. The van der Waals surface area contributed by atoms with Crippen molar-refractivity contribution < 1.29 is 0 Å². The van der Waals surface area contributed by atoms with E-state index in [2.05, 4.69) is 52.0 Å². The van der Waals surface area contributed by atoms with Crippen LogP contribution in [0.5, 0.6) is 0 Å². The molecule has 0 aliphatic heterocycles. The molecule has 0 aliphatic carbocycles. The lowest BCUT2D eigenvalue weighted by Gasteiger charge is -1.97. The van der Waals surface area contributed by atoms with Gasteiger partial charge in [0.25, 0.3) is 0 Å². The van der Waals surface area contributed by atoms with Crippen molar-refractivity contribution in [3.8, 4) is 0 Å². The topological polar surface area (TPSA) is 0 Å². The zero-order valence-corrected chi connectivity index (χ0v) is 11.4. The Morgan fingerprint density at radius 1 is 1.00 bits per heavy atom. The van der Waals surface area contributed by atoms with Crippen LogP contribution in [0.2, 0.25) is 0 Å². The third kappa shape index (κ3) is 11.1. The van der Waals surface area contributed by atoms with Crippen molar-refractivity contribution in [2.24, 2.45) is 0 Å². The molecule has 0 atom stereocenters. The SMILES string of the molecule is CC.CCC.CCCc1cccc(C)c1. The van der Waals surface area contributed by atoms with Gasteiger partial charge in [-0.3, -0.25) is 0 Å². The largest absolute Gasteiger partial charge is 0.0683 e. The summed E-state index contributed by atoms with van der Waals surface area (Å²) < 4.78 is 0. The summed E-state index contributed by atoms with van der Waals surface area (Å²) in [6.45, 7) is 12.6. The van der Waals surface area contributed by atoms with Crippen LogP contribution in [0.1, 0.15) is 58.6 Å². The third-order valence-corrected chi connectivity index (χ3v) is 1.62. The first-order valence-electron chi connectivity index (χ1n) is 6.30. The van der Waals surface area contributed by atoms with Gasteiger partial charge in [-0.1, -0.05) is 77.3 Å². The quantitative estimate of drug-likeness (QED) is 0.611. The van der Waals surface area contributed by atoms with Gasteiger partial charge < -0.3 is 0 Å². The van der Waals surface area contributed by atoms with Crippen LogP contribution >= 0.6 is 0 Å². The summed E-state index contributed by atoms with van der Waals surface area (Å²) in [5.74, 6) is 0. The maximum absolute atomic E-state index is 2.25. The molecule has 0 heterocycles. The highest BCUT2D eigenvalue weighted by Gasteiger charge is 1.88. The molecule has 1 rings (SSSR count). The Bertz CT molecular complexity index is 213. The Morgan fingerprint density at radius 3 is 1.93 bits per heavy atom. The molecule has 1 aromatic carbocycles. The van der Waals surface area contributed by atoms with Gasteiger partial charge >= 0.3 is 0 Å². The fourth-order valence-electron chi connectivity index (χ4n) is 1.16. The Morgan fingerprint density at radius 2 is 1.53 bits per heavy atom. The van der Waals surface area contributed by atoms with Crippen LogP contribution in [0.4, 0.5) is 0 Å². The van der Waals surface area contributed by atoms with E-state index in [0.717, 1.165) is 0 Å². The minimum atomic E-state index is 1.21.